The van der Waals surface area contributed by atoms with Gasteiger partial charge in [0.25, 0.3) is 0 Å². The zero-order valence-electron chi connectivity index (χ0n) is 8.53. The molecule has 0 aromatic heterocycles. The lowest BCUT2D eigenvalue weighted by Crippen LogP contribution is -2.24. The predicted molar refractivity (Wildman–Crippen MR) is 56.9 cm³/mol. The molecule has 1 heterocycles. The minimum absolute atomic E-state index is 0.288. The molecule has 0 aromatic carbocycles. The highest BCUT2D eigenvalue weighted by atomic mass is 32.2. The molecule has 1 N–H and O–H groups in total. The molecular formula is C10H20O2S. The Kier molecular flexibility index (Phi) is 5.14. The van der Waals surface area contributed by atoms with Gasteiger partial charge in [0.05, 0.1) is 6.10 Å². The van der Waals surface area contributed by atoms with Crippen LogP contribution in [0.25, 0.3) is 0 Å². The molecule has 1 aliphatic heterocycles. The van der Waals surface area contributed by atoms with Gasteiger partial charge >= 0.3 is 0 Å². The lowest BCUT2D eigenvalue weighted by molar-refractivity contribution is 0.00772. The van der Waals surface area contributed by atoms with Gasteiger partial charge in [-0.15, -0.1) is 11.8 Å². The number of rotatable bonds is 4. The maximum atomic E-state index is 8.76. The summed E-state index contributed by atoms with van der Waals surface area (Å²) >= 11 is 1.87. The van der Waals surface area contributed by atoms with Gasteiger partial charge in [0.2, 0.25) is 0 Å². The van der Waals surface area contributed by atoms with Crippen LogP contribution in [0.4, 0.5) is 0 Å². The van der Waals surface area contributed by atoms with Crippen LogP contribution in [0, 0.1) is 0 Å². The Morgan fingerprint density at radius 2 is 2.31 bits per heavy atom. The molecule has 3 unspecified atom stereocenters. The van der Waals surface area contributed by atoms with Crippen molar-refractivity contribution < 1.29 is 9.84 Å². The van der Waals surface area contributed by atoms with Gasteiger partial charge in [-0.3, -0.25) is 0 Å². The van der Waals surface area contributed by atoms with Crippen molar-refractivity contribution in [2.24, 2.45) is 0 Å². The van der Waals surface area contributed by atoms with Crippen LogP contribution in [0.3, 0.4) is 0 Å². The summed E-state index contributed by atoms with van der Waals surface area (Å²) in [5.74, 6) is 0. The minimum atomic E-state index is 0.288. The number of hydrogen-bond acceptors (Lipinski definition) is 3. The fourth-order valence-corrected chi connectivity index (χ4v) is 2.89. The number of aliphatic hydroxyl groups is 1. The third-order valence-electron chi connectivity index (χ3n) is 2.35. The topological polar surface area (TPSA) is 29.5 Å². The van der Waals surface area contributed by atoms with Crippen LogP contribution in [-0.4, -0.2) is 28.5 Å². The largest absolute Gasteiger partial charge is 0.396 e. The number of hydrogen-bond donors (Lipinski definition) is 1. The second-order valence-electron chi connectivity index (χ2n) is 3.77. The fraction of sp³-hybridized carbons (Fsp3) is 1.00. The first-order chi connectivity index (χ1) is 6.22. The van der Waals surface area contributed by atoms with Crippen LogP contribution in [0.15, 0.2) is 0 Å². The highest BCUT2D eigenvalue weighted by molar-refractivity contribution is 8.00. The first-order valence-electron chi connectivity index (χ1n) is 5.14. The summed E-state index contributed by atoms with van der Waals surface area (Å²) in [5, 5.41) is 9.28. The molecule has 3 heteroatoms. The van der Waals surface area contributed by atoms with E-state index in [1.54, 1.807) is 0 Å². The van der Waals surface area contributed by atoms with Crippen molar-refractivity contribution in [3.63, 3.8) is 0 Å². The van der Waals surface area contributed by atoms with Gasteiger partial charge in [-0.2, -0.15) is 0 Å². The van der Waals surface area contributed by atoms with E-state index in [1.807, 2.05) is 11.8 Å². The molecule has 2 nitrogen and oxygen atoms in total. The number of aliphatic hydroxyl groups excluding tert-OH is 1. The Morgan fingerprint density at radius 3 is 2.92 bits per heavy atom. The van der Waals surface area contributed by atoms with Crippen molar-refractivity contribution in [2.75, 3.05) is 6.61 Å². The van der Waals surface area contributed by atoms with E-state index in [-0.39, 0.29) is 6.61 Å². The number of ether oxygens (including phenoxy) is 1. The molecule has 1 saturated heterocycles. The zero-order valence-corrected chi connectivity index (χ0v) is 9.35. The van der Waals surface area contributed by atoms with E-state index >= 15 is 0 Å². The SMILES string of the molecule is CC1CCCC(SC(C)CCO)O1. The molecule has 78 valence electrons. The number of thioether (sulfide) groups is 1. The summed E-state index contributed by atoms with van der Waals surface area (Å²) in [7, 11) is 0. The lowest BCUT2D eigenvalue weighted by atomic mass is 10.1. The summed E-state index contributed by atoms with van der Waals surface area (Å²) in [6.45, 7) is 4.59. The standard InChI is InChI=1S/C10H20O2S/c1-8-4-3-5-10(12-8)13-9(2)6-7-11/h8-11H,3-7H2,1-2H3. The van der Waals surface area contributed by atoms with Crippen molar-refractivity contribution in [3.05, 3.63) is 0 Å². The van der Waals surface area contributed by atoms with Gasteiger partial charge in [0, 0.05) is 11.9 Å². The van der Waals surface area contributed by atoms with E-state index < -0.39 is 0 Å². The Hall–Kier alpha value is 0.270. The predicted octanol–water partition coefficient (Wildman–Crippen LogP) is 2.41. The van der Waals surface area contributed by atoms with Crippen LogP contribution in [0.1, 0.15) is 39.5 Å². The highest BCUT2D eigenvalue weighted by Crippen LogP contribution is 2.30. The molecule has 3 atom stereocenters. The summed E-state index contributed by atoms with van der Waals surface area (Å²) in [5.41, 5.74) is 0.366. The van der Waals surface area contributed by atoms with Gasteiger partial charge in [-0.25, -0.2) is 0 Å². The van der Waals surface area contributed by atoms with Crippen LogP contribution < -0.4 is 0 Å². The van der Waals surface area contributed by atoms with Crippen LogP contribution in [0.5, 0.6) is 0 Å². The summed E-state index contributed by atoms with van der Waals surface area (Å²) in [6, 6.07) is 0. The Bertz CT molecular complexity index is 141. The summed E-state index contributed by atoms with van der Waals surface area (Å²) < 4.78 is 5.78. The molecule has 0 bridgehead atoms. The average molecular weight is 204 g/mol. The van der Waals surface area contributed by atoms with Gasteiger partial charge < -0.3 is 9.84 Å². The second kappa shape index (κ2) is 5.89. The lowest BCUT2D eigenvalue weighted by Gasteiger charge is -2.29. The Morgan fingerprint density at radius 1 is 1.54 bits per heavy atom. The van der Waals surface area contributed by atoms with E-state index in [4.69, 9.17) is 9.84 Å². The summed E-state index contributed by atoms with van der Waals surface area (Å²) in [6.07, 6.45) is 4.95. The van der Waals surface area contributed by atoms with E-state index in [1.165, 1.54) is 19.3 Å². The van der Waals surface area contributed by atoms with Crippen LogP contribution in [0.2, 0.25) is 0 Å². The second-order valence-corrected chi connectivity index (χ2v) is 5.37. The molecule has 0 radical (unpaired) electrons. The maximum absolute atomic E-state index is 8.76. The molecule has 0 amide bonds. The van der Waals surface area contributed by atoms with Crippen molar-refractivity contribution in [2.45, 2.75) is 56.3 Å². The van der Waals surface area contributed by atoms with Crippen molar-refractivity contribution in [1.29, 1.82) is 0 Å². The maximum Gasteiger partial charge on any atom is 0.103 e. The van der Waals surface area contributed by atoms with Crippen molar-refractivity contribution in [3.8, 4) is 0 Å². The average Bonchev–Trinajstić information content (AvgIpc) is 2.04. The molecule has 0 saturated carbocycles. The quantitative estimate of drug-likeness (QED) is 0.762. The molecule has 1 aliphatic rings. The van der Waals surface area contributed by atoms with E-state index in [0.717, 1.165) is 6.42 Å². The monoisotopic (exact) mass is 204 g/mol. The summed E-state index contributed by atoms with van der Waals surface area (Å²) in [4.78, 5) is 0. The third kappa shape index (κ3) is 4.34. The van der Waals surface area contributed by atoms with Crippen molar-refractivity contribution >= 4 is 11.8 Å². The smallest absolute Gasteiger partial charge is 0.103 e. The van der Waals surface area contributed by atoms with Crippen LogP contribution >= 0.6 is 11.8 Å². The van der Waals surface area contributed by atoms with E-state index in [0.29, 0.717) is 16.8 Å². The third-order valence-corrected chi connectivity index (χ3v) is 3.70. The highest BCUT2D eigenvalue weighted by Gasteiger charge is 2.21. The molecule has 13 heavy (non-hydrogen) atoms. The first kappa shape index (κ1) is 11.3. The minimum Gasteiger partial charge on any atom is -0.396 e. The van der Waals surface area contributed by atoms with E-state index in [2.05, 4.69) is 13.8 Å². The van der Waals surface area contributed by atoms with Crippen molar-refractivity contribution in [1.82, 2.24) is 0 Å². The van der Waals surface area contributed by atoms with Gasteiger partial charge in [-0.1, -0.05) is 6.92 Å². The van der Waals surface area contributed by atoms with Gasteiger partial charge in [-0.05, 0) is 32.6 Å². The molecule has 1 rings (SSSR count). The first-order valence-corrected chi connectivity index (χ1v) is 6.08. The van der Waals surface area contributed by atoms with E-state index in [9.17, 15) is 0 Å². The molecule has 1 fully saturated rings. The fourth-order valence-electron chi connectivity index (χ4n) is 1.58. The van der Waals surface area contributed by atoms with Gasteiger partial charge in [0.15, 0.2) is 0 Å². The van der Waals surface area contributed by atoms with Crippen LogP contribution in [-0.2, 0) is 4.74 Å². The van der Waals surface area contributed by atoms with Gasteiger partial charge in [0.1, 0.15) is 5.44 Å². The zero-order chi connectivity index (χ0) is 9.68. The Labute approximate surface area is 85.0 Å². The molecule has 0 aromatic rings. The molecule has 0 aliphatic carbocycles. The molecular weight excluding hydrogens is 184 g/mol. The molecule has 0 spiro atoms. The Balaban J connectivity index is 2.19. The normalized spacial score (nSPS) is 31.6.